The summed E-state index contributed by atoms with van der Waals surface area (Å²) >= 11 is 0. The molecule has 0 bridgehead atoms. The molecule has 0 spiro atoms. The van der Waals surface area contributed by atoms with Crippen LogP contribution < -0.4 is 11.1 Å². The van der Waals surface area contributed by atoms with E-state index in [2.05, 4.69) is 33.0 Å². The van der Waals surface area contributed by atoms with Crippen molar-refractivity contribution in [1.29, 1.82) is 0 Å². The van der Waals surface area contributed by atoms with Crippen LogP contribution in [-0.2, 0) is 5.41 Å². The maximum Gasteiger partial charge on any atom is 0.251 e. The van der Waals surface area contributed by atoms with Gasteiger partial charge in [-0.2, -0.15) is 0 Å². The van der Waals surface area contributed by atoms with Gasteiger partial charge in [0.05, 0.1) is 0 Å². The van der Waals surface area contributed by atoms with Crippen LogP contribution in [0.5, 0.6) is 0 Å². The second-order valence-corrected chi connectivity index (χ2v) is 6.09. The molecule has 0 fully saturated rings. The summed E-state index contributed by atoms with van der Waals surface area (Å²) in [6, 6.07) is 7.83. The molecule has 0 heterocycles. The first-order valence-corrected chi connectivity index (χ1v) is 6.99. The van der Waals surface area contributed by atoms with Gasteiger partial charge >= 0.3 is 0 Å². The van der Waals surface area contributed by atoms with Crippen LogP contribution in [0.2, 0.25) is 0 Å². The number of carbonyl (C=O) groups is 1. The summed E-state index contributed by atoms with van der Waals surface area (Å²) in [5.41, 5.74) is 7.91. The van der Waals surface area contributed by atoms with Gasteiger partial charge in [-0.25, -0.2) is 0 Å². The Morgan fingerprint density at radius 2 is 1.84 bits per heavy atom. The van der Waals surface area contributed by atoms with E-state index in [1.807, 2.05) is 24.3 Å². The fourth-order valence-corrected chi connectivity index (χ4v) is 1.92. The van der Waals surface area contributed by atoms with Gasteiger partial charge in [-0.1, -0.05) is 46.2 Å². The highest BCUT2D eigenvalue weighted by molar-refractivity contribution is 5.94. The predicted molar refractivity (Wildman–Crippen MR) is 80.4 cm³/mol. The van der Waals surface area contributed by atoms with Crippen LogP contribution in [0.4, 0.5) is 0 Å². The molecule has 0 radical (unpaired) electrons. The lowest BCUT2D eigenvalue weighted by atomic mass is 9.87. The summed E-state index contributed by atoms with van der Waals surface area (Å²) in [5, 5.41) is 2.88. The first-order chi connectivity index (χ1) is 8.84. The van der Waals surface area contributed by atoms with E-state index in [0.29, 0.717) is 12.1 Å². The van der Waals surface area contributed by atoms with E-state index in [1.165, 1.54) is 5.56 Å². The van der Waals surface area contributed by atoms with Crippen molar-refractivity contribution in [2.24, 2.45) is 5.73 Å². The van der Waals surface area contributed by atoms with Crippen molar-refractivity contribution in [3.63, 3.8) is 0 Å². The molecule has 0 saturated heterocycles. The highest BCUT2D eigenvalue weighted by Gasteiger charge is 2.14. The lowest BCUT2D eigenvalue weighted by Gasteiger charge is -2.19. The third-order valence-corrected chi connectivity index (χ3v) is 3.20. The average molecular weight is 262 g/mol. The number of carbonyl (C=O) groups excluding carboxylic acids is 1. The second-order valence-electron chi connectivity index (χ2n) is 6.09. The first kappa shape index (κ1) is 15.7. The van der Waals surface area contributed by atoms with Gasteiger partial charge in [0.1, 0.15) is 0 Å². The Balaban J connectivity index is 2.59. The zero-order valence-electron chi connectivity index (χ0n) is 12.5. The Bertz CT molecular complexity index is 404. The van der Waals surface area contributed by atoms with Crippen molar-refractivity contribution in [2.45, 2.75) is 52.0 Å². The van der Waals surface area contributed by atoms with E-state index in [1.54, 1.807) is 0 Å². The van der Waals surface area contributed by atoms with Crippen LogP contribution in [0.1, 0.15) is 56.5 Å². The van der Waals surface area contributed by atoms with Crippen LogP contribution in [0, 0.1) is 0 Å². The fourth-order valence-electron chi connectivity index (χ4n) is 1.92. The summed E-state index contributed by atoms with van der Waals surface area (Å²) in [7, 11) is 0. The van der Waals surface area contributed by atoms with E-state index in [-0.39, 0.29) is 17.4 Å². The molecule has 1 unspecified atom stereocenters. The number of hydrogen-bond donors (Lipinski definition) is 2. The van der Waals surface area contributed by atoms with Gasteiger partial charge in [-0.05, 0) is 29.5 Å². The minimum Gasteiger partial charge on any atom is -0.350 e. The van der Waals surface area contributed by atoms with Crippen molar-refractivity contribution < 1.29 is 4.79 Å². The van der Waals surface area contributed by atoms with Crippen LogP contribution in [0.15, 0.2) is 24.3 Å². The Labute approximate surface area is 116 Å². The van der Waals surface area contributed by atoms with Crippen molar-refractivity contribution in [2.75, 3.05) is 6.54 Å². The van der Waals surface area contributed by atoms with Crippen LogP contribution in [-0.4, -0.2) is 18.5 Å². The van der Waals surface area contributed by atoms with Crippen LogP contribution in [0.25, 0.3) is 0 Å². The van der Waals surface area contributed by atoms with E-state index >= 15 is 0 Å². The van der Waals surface area contributed by atoms with E-state index in [0.717, 1.165) is 12.8 Å². The topological polar surface area (TPSA) is 55.1 Å². The molecule has 1 atom stereocenters. The third kappa shape index (κ3) is 5.03. The van der Waals surface area contributed by atoms with Gasteiger partial charge in [0.25, 0.3) is 5.91 Å². The molecular formula is C16H26N2O. The number of hydrogen-bond acceptors (Lipinski definition) is 2. The molecule has 3 nitrogen and oxygen atoms in total. The molecule has 19 heavy (non-hydrogen) atoms. The SMILES string of the molecule is CCCC(N)CNC(=O)c1ccc(C(C)(C)C)cc1. The van der Waals surface area contributed by atoms with Gasteiger partial charge in [0.2, 0.25) is 0 Å². The molecule has 1 rings (SSSR count). The number of nitrogens with two attached hydrogens (primary N) is 1. The average Bonchev–Trinajstić information content (AvgIpc) is 2.35. The molecular weight excluding hydrogens is 236 g/mol. The fraction of sp³-hybridized carbons (Fsp3) is 0.562. The van der Waals surface area contributed by atoms with E-state index in [4.69, 9.17) is 5.73 Å². The van der Waals surface area contributed by atoms with Gasteiger partial charge in [0, 0.05) is 18.2 Å². The zero-order valence-corrected chi connectivity index (χ0v) is 12.5. The zero-order chi connectivity index (χ0) is 14.5. The van der Waals surface area contributed by atoms with Crippen molar-refractivity contribution >= 4 is 5.91 Å². The molecule has 1 amide bonds. The van der Waals surface area contributed by atoms with Crippen molar-refractivity contribution in [3.8, 4) is 0 Å². The highest BCUT2D eigenvalue weighted by atomic mass is 16.1. The number of benzene rings is 1. The van der Waals surface area contributed by atoms with E-state index < -0.39 is 0 Å². The molecule has 1 aromatic carbocycles. The maximum absolute atomic E-state index is 11.9. The molecule has 3 N–H and O–H groups in total. The van der Waals surface area contributed by atoms with E-state index in [9.17, 15) is 4.79 Å². The van der Waals surface area contributed by atoms with Crippen LogP contribution >= 0.6 is 0 Å². The summed E-state index contributed by atoms with van der Waals surface area (Å²) < 4.78 is 0. The monoisotopic (exact) mass is 262 g/mol. The van der Waals surface area contributed by atoms with Crippen LogP contribution in [0.3, 0.4) is 0 Å². The summed E-state index contributed by atoms with van der Waals surface area (Å²) in [6.45, 7) is 9.10. The maximum atomic E-state index is 11.9. The van der Waals surface area contributed by atoms with Crippen molar-refractivity contribution in [1.82, 2.24) is 5.32 Å². The lowest BCUT2D eigenvalue weighted by Crippen LogP contribution is -2.37. The van der Waals surface area contributed by atoms with Gasteiger partial charge < -0.3 is 11.1 Å². The smallest absolute Gasteiger partial charge is 0.251 e. The third-order valence-electron chi connectivity index (χ3n) is 3.20. The van der Waals surface area contributed by atoms with Gasteiger partial charge in [-0.3, -0.25) is 4.79 Å². The predicted octanol–water partition coefficient (Wildman–Crippen LogP) is 2.84. The Morgan fingerprint density at radius 1 is 1.26 bits per heavy atom. The van der Waals surface area contributed by atoms with Gasteiger partial charge in [-0.15, -0.1) is 0 Å². The minimum absolute atomic E-state index is 0.0443. The molecule has 106 valence electrons. The minimum atomic E-state index is -0.0491. The highest BCUT2D eigenvalue weighted by Crippen LogP contribution is 2.22. The number of amides is 1. The summed E-state index contributed by atoms with van der Waals surface area (Å²) in [5.74, 6) is -0.0491. The first-order valence-electron chi connectivity index (χ1n) is 6.99. The largest absolute Gasteiger partial charge is 0.350 e. The van der Waals surface area contributed by atoms with Gasteiger partial charge in [0.15, 0.2) is 0 Å². The quantitative estimate of drug-likeness (QED) is 0.857. The number of rotatable bonds is 5. The Morgan fingerprint density at radius 3 is 2.32 bits per heavy atom. The molecule has 0 aromatic heterocycles. The molecule has 0 aliphatic heterocycles. The standard InChI is InChI=1S/C16H26N2O/c1-5-6-14(17)11-18-15(19)12-7-9-13(10-8-12)16(2,3)4/h7-10,14H,5-6,11,17H2,1-4H3,(H,18,19). The Kier molecular flexibility index (Phi) is 5.55. The summed E-state index contributed by atoms with van der Waals surface area (Å²) in [6.07, 6.45) is 1.97. The molecule has 0 aliphatic carbocycles. The molecule has 3 heteroatoms. The number of nitrogens with one attached hydrogen (secondary N) is 1. The summed E-state index contributed by atoms with van der Waals surface area (Å²) in [4.78, 5) is 11.9. The Hall–Kier alpha value is -1.35. The molecule has 0 aliphatic rings. The lowest BCUT2D eigenvalue weighted by molar-refractivity contribution is 0.0950. The second kappa shape index (κ2) is 6.71. The normalized spacial score (nSPS) is 13.1. The van der Waals surface area contributed by atoms with Crippen molar-refractivity contribution in [3.05, 3.63) is 35.4 Å². The molecule has 1 aromatic rings. The molecule has 0 saturated carbocycles.